The van der Waals surface area contributed by atoms with Gasteiger partial charge < -0.3 is 9.47 Å². The van der Waals surface area contributed by atoms with Crippen molar-refractivity contribution < 1.29 is 22.3 Å². The zero-order valence-corrected chi connectivity index (χ0v) is 13.4. The molecule has 0 aliphatic heterocycles. The van der Waals surface area contributed by atoms with E-state index in [2.05, 4.69) is 14.7 Å². The van der Waals surface area contributed by atoms with Crippen molar-refractivity contribution in [1.82, 2.24) is 9.97 Å². The molecular weight excluding hydrogens is 325 g/mol. The van der Waals surface area contributed by atoms with Crippen LogP contribution in [0, 0.1) is 5.82 Å². The van der Waals surface area contributed by atoms with Gasteiger partial charge in [0.05, 0.1) is 24.3 Å². The number of sulfonamides is 1. The second kappa shape index (κ2) is 7.23. The molecule has 1 aromatic carbocycles. The fourth-order valence-corrected chi connectivity index (χ4v) is 2.73. The molecule has 0 spiro atoms. The maximum absolute atomic E-state index is 12.9. The highest BCUT2D eigenvalue weighted by Gasteiger charge is 2.18. The molecule has 2 aromatic rings. The van der Waals surface area contributed by atoms with Gasteiger partial charge in [0.2, 0.25) is 5.88 Å². The minimum absolute atomic E-state index is 0.0524. The van der Waals surface area contributed by atoms with E-state index in [9.17, 15) is 12.8 Å². The molecule has 7 nitrogen and oxygen atoms in total. The summed E-state index contributed by atoms with van der Waals surface area (Å²) in [5, 5.41) is 0. The van der Waals surface area contributed by atoms with Gasteiger partial charge in [-0.3, -0.25) is 4.72 Å². The van der Waals surface area contributed by atoms with Crippen molar-refractivity contribution in [2.45, 2.75) is 18.7 Å². The van der Waals surface area contributed by atoms with Gasteiger partial charge in [-0.1, -0.05) is 0 Å². The number of ether oxygens (including phenoxy) is 2. The summed E-state index contributed by atoms with van der Waals surface area (Å²) in [5.41, 5.74) is 0.0691. The van der Waals surface area contributed by atoms with Crippen LogP contribution in [-0.2, 0) is 10.0 Å². The number of nitrogens with one attached hydrogen (secondary N) is 1. The third-order valence-corrected chi connectivity index (χ3v) is 4.04. The van der Waals surface area contributed by atoms with Gasteiger partial charge in [0.25, 0.3) is 10.0 Å². The molecule has 1 heterocycles. The van der Waals surface area contributed by atoms with E-state index >= 15 is 0 Å². The molecule has 1 N–H and O–H groups in total. The summed E-state index contributed by atoms with van der Waals surface area (Å²) in [7, 11) is -3.91. The third kappa shape index (κ3) is 4.28. The van der Waals surface area contributed by atoms with E-state index in [1.165, 1.54) is 6.20 Å². The molecule has 0 aliphatic carbocycles. The molecule has 2 rings (SSSR count). The molecule has 0 aliphatic rings. The Morgan fingerprint density at radius 3 is 2.39 bits per heavy atom. The van der Waals surface area contributed by atoms with E-state index in [-0.39, 0.29) is 29.1 Å². The highest BCUT2D eigenvalue weighted by Crippen LogP contribution is 2.26. The van der Waals surface area contributed by atoms with Crippen molar-refractivity contribution in [3.05, 3.63) is 36.3 Å². The number of hydrogen-bond acceptors (Lipinski definition) is 6. The zero-order valence-electron chi connectivity index (χ0n) is 12.6. The summed E-state index contributed by atoms with van der Waals surface area (Å²) < 4.78 is 50.3. The van der Waals surface area contributed by atoms with Crippen LogP contribution in [0.25, 0.3) is 0 Å². The van der Waals surface area contributed by atoms with Crippen molar-refractivity contribution in [2.75, 3.05) is 17.9 Å². The predicted octanol–water partition coefficient (Wildman–Crippen LogP) is 2.21. The smallest absolute Gasteiger partial charge is 0.319 e. The summed E-state index contributed by atoms with van der Waals surface area (Å²) in [6.45, 7) is 4.16. The lowest BCUT2D eigenvalue weighted by molar-refractivity contribution is 0.290. The van der Waals surface area contributed by atoms with E-state index in [0.29, 0.717) is 6.61 Å². The van der Waals surface area contributed by atoms with Gasteiger partial charge in [-0.05, 0) is 38.1 Å². The maximum atomic E-state index is 12.9. The number of hydrogen-bond donors (Lipinski definition) is 1. The van der Waals surface area contributed by atoms with E-state index in [1.807, 2.05) is 0 Å². The molecule has 0 amide bonds. The molecule has 124 valence electrons. The van der Waals surface area contributed by atoms with Crippen LogP contribution in [0.15, 0.2) is 35.4 Å². The van der Waals surface area contributed by atoms with Crippen molar-refractivity contribution in [2.24, 2.45) is 0 Å². The van der Waals surface area contributed by atoms with E-state index in [1.54, 1.807) is 13.8 Å². The summed E-state index contributed by atoms with van der Waals surface area (Å²) in [6, 6.07) is 4.53. The minimum Gasteiger partial charge on any atom is -0.476 e. The number of aromatic nitrogens is 2. The average molecular weight is 341 g/mol. The molecule has 0 fully saturated rings. The lowest BCUT2D eigenvalue weighted by Crippen LogP contribution is -2.15. The Labute approximate surface area is 133 Å². The SMILES string of the molecule is CCOc1ncc(NS(=O)(=O)c2ccc(F)cc2)c(OCC)n1. The number of nitrogens with zero attached hydrogens (tertiary/aromatic N) is 2. The number of benzene rings is 1. The highest BCUT2D eigenvalue weighted by molar-refractivity contribution is 7.92. The molecule has 23 heavy (non-hydrogen) atoms. The van der Waals surface area contributed by atoms with Gasteiger partial charge in [0, 0.05) is 0 Å². The average Bonchev–Trinajstić information content (AvgIpc) is 2.51. The lowest BCUT2D eigenvalue weighted by Gasteiger charge is -2.12. The van der Waals surface area contributed by atoms with Crippen LogP contribution < -0.4 is 14.2 Å². The zero-order chi connectivity index (χ0) is 16.9. The highest BCUT2D eigenvalue weighted by atomic mass is 32.2. The summed E-state index contributed by atoms with van der Waals surface area (Å²) in [5.74, 6) is -0.472. The van der Waals surface area contributed by atoms with Gasteiger partial charge in [-0.15, -0.1) is 0 Å². The first-order valence-electron chi connectivity index (χ1n) is 6.87. The molecule has 0 unspecified atom stereocenters. The molecule has 1 aromatic heterocycles. The molecular formula is C14H16FN3O4S. The van der Waals surface area contributed by atoms with Crippen molar-refractivity contribution in [3.8, 4) is 11.9 Å². The third-order valence-electron chi connectivity index (χ3n) is 2.65. The number of halogens is 1. The Morgan fingerprint density at radius 1 is 1.13 bits per heavy atom. The first-order chi connectivity index (χ1) is 11.0. The monoisotopic (exact) mass is 341 g/mol. The van der Waals surface area contributed by atoms with Crippen LogP contribution in [0.2, 0.25) is 0 Å². The Hall–Kier alpha value is -2.42. The Morgan fingerprint density at radius 2 is 1.78 bits per heavy atom. The van der Waals surface area contributed by atoms with Gasteiger partial charge in [-0.25, -0.2) is 17.8 Å². The van der Waals surface area contributed by atoms with Gasteiger partial charge in [-0.2, -0.15) is 4.98 Å². The topological polar surface area (TPSA) is 90.4 Å². The number of anilines is 1. The Bertz CT molecular complexity index is 766. The van der Waals surface area contributed by atoms with Gasteiger partial charge >= 0.3 is 6.01 Å². The summed E-state index contributed by atoms with van der Waals surface area (Å²) >= 11 is 0. The first kappa shape index (κ1) is 16.9. The fourth-order valence-electron chi connectivity index (χ4n) is 1.68. The second-order valence-corrected chi connectivity index (χ2v) is 5.98. The molecule has 0 saturated heterocycles. The molecule has 0 radical (unpaired) electrons. The van der Waals surface area contributed by atoms with Crippen LogP contribution >= 0.6 is 0 Å². The summed E-state index contributed by atoms with van der Waals surface area (Å²) in [6.07, 6.45) is 1.25. The van der Waals surface area contributed by atoms with E-state index < -0.39 is 15.8 Å². The van der Waals surface area contributed by atoms with Crippen LogP contribution in [0.1, 0.15) is 13.8 Å². The Balaban J connectivity index is 2.32. The van der Waals surface area contributed by atoms with Crippen LogP contribution in [-0.4, -0.2) is 31.6 Å². The van der Waals surface area contributed by atoms with Crippen LogP contribution in [0.5, 0.6) is 11.9 Å². The van der Waals surface area contributed by atoms with Crippen molar-refractivity contribution >= 4 is 15.7 Å². The predicted molar refractivity (Wildman–Crippen MR) is 81.6 cm³/mol. The molecule has 0 saturated carbocycles. The fraction of sp³-hybridized carbons (Fsp3) is 0.286. The van der Waals surface area contributed by atoms with E-state index in [0.717, 1.165) is 24.3 Å². The Kier molecular flexibility index (Phi) is 5.32. The van der Waals surface area contributed by atoms with Crippen molar-refractivity contribution in [1.29, 1.82) is 0 Å². The van der Waals surface area contributed by atoms with Crippen molar-refractivity contribution in [3.63, 3.8) is 0 Å². The largest absolute Gasteiger partial charge is 0.476 e. The second-order valence-electron chi connectivity index (χ2n) is 4.30. The standard InChI is InChI=1S/C14H16FN3O4S/c1-3-21-13-12(9-16-14(17-13)22-4-2)18-23(19,20)11-7-5-10(15)6-8-11/h5-9,18H,3-4H2,1-2H3. The van der Waals surface area contributed by atoms with Gasteiger partial charge in [0.1, 0.15) is 11.5 Å². The number of rotatable bonds is 7. The maximum Gasteiger partial charge on any atom is 0.319 e. The molecule has 9 heteroatoms. The minimum atomic E-state index is -3.91. The molecule has 0 bridgehead atoms. The van der Waals surface area contributed by atoms with Gasteiger partial charge in [0.15, 0.2) is 0 Å². The van der Waals surface area contributed by atoms with E-state index in [4.69, 9.17) is 9.47 Å². The van der Waals surface area contributed by atoms with Crippen LogP contribution in [0.3, 0.4) is 0 Å². The first-order valence-corrected chi connectivity index (χ1v) is 8.35. The molecule has 0 atom stereocenters. The quantitative estimate of drug-likeness (QED) is 0.830. The lowest BCUT2D eigenvalue weighted by atomic mass is 10.4. The normalized spacial score (nSPS) is 11.1. The summed E-state index contributed by atoms with van der Waals surface area (Å²) in [4.78, 5) is 7.82. The van der Waals surface area contributed by atoms with Crippen LogP contribution in [0.4, 0.5) is 10.1 Å².